The van der Waals surface area contributed by atoms with Gasteiger partial charge in [0.2, 0.25) is 5.76 Å². The minimum Gasteiger partial charge on any atom is -0.285 e. The fraction of sp³-hybridized carbons (Fsp3) is 0.722. The van der Waals surface area contributed by atoms with Crippen molar-refractivity contribution in [1.29, 1.82) is 0 Å². The maximum atomic E-state index is 12.1. The van der Waals surface area contributed by atoms with E-state index in [0.717, 1.165) is 25.7 Å². The first-order chi connectivity index (χ1) is 20.7. The summed E-state index contributed by atoms with van der Waals surface area (Å²) >= 11 is 0. The van der Waals surface area contributed by atoms with Crippen LogP contribution in [0, 0.1) is 0 Å². The highest BCUT2D eigenvalue weighted by Crippen LogP contribution is 2.18. The summed E-state index contributed by atoms with van der Waals surface area (Å²) in [5, 5.41) is 0. The number of rotatable bonds is 28. The van der Waals surface area contributed by atoms with E-state index in [-0.39, 0.29) is 11.5 Å². The van der Waals surface area contributed by atoms with E-state index in [0.29, 0.717) is 0 Å². The molecular weight excluding hydrogens is 528 g/mol. The number of unbranched alkanes of at least 4 members (excludes halogenated alkanes) is 22. The molecule has 0 saturated heterocycles. The molecule has 0 aromatic carbocycles. The van der Waals surface area contributed by atoms with Gasteiger partial charge in [0, 0.05) is 6.08 Å². The summed E-state index contributed by atoms with van der Waals surface area (Å²) in [6.07, 6.45) is 41.1. The van der Waals surface area contributed by atoms with E-state index in [1.807, 2.05) is 18.2 Å². The number of hydrogen-bond donors (Lipinski definition) is 0. The fourth-order valence-electron chi connectivity index (χ4n) is 4.87. The second-order valence-electron chi connectivity index (χ2n) is 11.5. The van der Waals surface area contributed by atoms with Crippen LogP contribution in [0.15, 0.2) is 39.5 Å². The number of carbonyl (C=O) groups is 2. The van der Waals surface area contributed by atoms with Gasteiger partial charge in [-0.05, 0) is 31.8 Å². The highest BCUT2D eigenvalue weighted by Gasteiger charge is 2.25. The van der Waals surface area contributed by atoms with Gasteiger partial charge in [0.25, 0.3) is 0 Å². The largest absolute Gasteiger partial charge is 0.430 e. The number of allylic oxidation sites excluding steroid dienone is 4. The summed E-state index contributed by atoms with van der Waals surface area (Å²) in [7, 11) is 0. The van der Waals surface area contributed by atoms with Gasteiger partial charge in [-0.2, -0.15) is 0 Å². The zero-order chi connectivity index (χ0) is 30.4. The molecule has 0 spiro atoms. The maximum absolute atomic E-state index is 12.1. The zero-order valence-electron chi connectivity index (χ0n) is 26.9. The predicted octanol–water partition coefficient (Wildman–Crippen LogP) is 12.0. The van der Waals surface area contributed by atoms with E-state index in [9.17, 15) is 9.59 Å². The molecule has 0 aliphatic heterocycles. The van der Waals surface area contributed by atoms with Crippen LogP contribution in [0.1, 0.15) is 184 Å². The lowest BCUT2D eigenvalue weighted by Gasteiger charge is -2.04. The first kappa shape index (κ1) is 37.5. The standard InChI is InChI=1S/C36H60O6/c1-3-5-7-9-11-13-15-17-18-20-22-24-26-28-30-32-34(37)40-42-36(38)35-33(39-41-35)31-29-27-25-23-21-19-16-14-12-10-8-6-4-2/h26,28-32H,3-25,27H2,1-2H3/b28-26+,31-29+,32-30+. The van der Waals surface area contributed by atoms with Crippen LogP contribution >= 0.6 is 0 Å². The lowest BCUT2D eigenvalue weighted by molar-refractivity contribution is -0.230. The second kappa shape index (κ2) is 28.6. The summed E-state index contributed by atoms with van der Waals surface area (Å²) in [4.78, 5) is 32.9. The summed E-state index contributed by atoms with van der Waals surface area (Å²) in [5.41, 5.74) is 0. The van der Waals surface area contributed by atoms with Crippen molar-refractivity contribution in [2.24, 2.45) is 0 Å². The quantitative estimate of drug-likeness (QED) is 0.0318. The minimum atomic E-state index is -0.899. The van der Waals surface area contributed by atoms with Crippen LogP contribution in [0.2, 0.25) is 0 Å². The first-order valence-electron chi connectivity index (χ1n) is 17.2. The average molecular weight is 589 g/mol. The van der Waals surface area contributed by atoms with E-state index in [2.05, 4.69) is 23.6 Å². The molecule has 240 valence electrons. The normalized spacial score (nSPS) is 11.9. The molecule has 0 atom stereocenters. The Labute approximate surface area is 256 Å². The van der Waals surface area contributed by atoms with E-state index >= 15 is 0 Å². The van der Waals surface area contributed by atoms with Gasteiger partial charge < -0.3 is 0 Å². The smallest absolute Gasteiger partial charge is 0.285 e. The van der Waals surface area contributed by atoms with Crippen molar-refractivity contribution in [1.82, 2.24) is 0 Å². The molecule has 0 unspecified atom stereocenters. The van der Waals surface area contributed by atoms with Crippen LogP contribution < -0.4 is 0 Å². The van der Waals surface area contributed by atoms with Crippen molar-refractivity contribution >= 4 is 18.0 Å². The van der Waals surface area contributed by atoms with Crippen molar-refractivity contribution in [3.63, 3.8) is 0 Å². The lowest BCUT2D eigenvalue weighted by atomic mass is 10.1. The van der Waals surface area contributed by atoms with Gasteiger partial charge >= 0.3 is 17.7 Å². The van der Waals surface area contributed by atoms with Gasteiger partial charge in [-0.15, -0.1) is 0 Å². The monoisotopic (exact) mass is 588 g/mol. The van der Waals surface area contributed by atoms with E-state index in [4.69, 9.17) is 9.15 Å². The molecule has 1 rings (SSSR count). The van der Waals surface area contributed by atoms with Crippen molar-refractivity contribution in [3.8, 4) is 0 Å². The SMILES string of the molecule is CCCCCCCCCCCCC/C=C/C=C/C(=O)OOC(=O)c1ooc1/C=C/CCCCCCCCCCCCC. The Morgan fingerprint density at radius 3 is 1.45 bits per heavy atom. The predicted molar refractivity (Wildman–Crippen MR) is 172 cm³/mol. The van der Waals surface area contributed by atoms with E-state index in [1.165, 1.54) is 134 Å². The Bertz CT molecular complexity index is 843. The summed E-state index contributed by atoms with van der Waals surface area (Å²) in [6.45, 7) is 4.51. The Morgan fingerprint density at radius 1 is 0.548 bits per heavy atom. The highest BCUT2D eigenvalue weighted by atomic mass is 17.2. The molecule has 0 aliphatic rings. The zero-order valence-corrected chi connectivity index (χ0v) is 26.9. The van der Waals surface area contributed by atoms with Crippen molar-refractivity contribution in [2.45, 2.75) is 168 Å². The van der Waals surface area contributed by atoms with E-state index < -0.39 is 11.9 Å². The Kier molecular flexibility index (Phi) is 25.6. The van der Waals surface area contributed by atoms with Crippen LogP contribution in [0.3, 0.4) is 0 Å². The lowest BCUT2D eigenvalue weighted by Crippen LogP contribution is -2.12. The van der Waals surface area contributed by atoms with Gasteiger partial charge in [-0.1, -0.05) is 167 Å². The third-order valence-electron chi connectivity index (χ3n) is 7.52. The van der Waals surface area contributed by atoms with Crippen LogP contribution in [0.5, 0.6) is 0 Å². The molecule has 0 amide bonds. The molecule has 6 heteroatoms. The topological polar surface area (TPSA) is 78.9 Å². The van der Waals surface area contributed by atoms with Crippen molar-refractivity contribution in [2.75, 3.05) is 0 Å². The molecule has 0 radical (unpaired) electrons. The van der Waals surface area contributed by atoms with Gasteiger partial charge in [-0.3, -0.25) is 9.15 Å². The number of hydrogen-bond acceptors (Lipinski definition) is 6. The minimum absolute atomic E-state index is 0.103. The van der Waals surface area contributed by atoms with Crippen LogP contribution in [0.4, 0.5) is 0 Å². The molecule has 0 fully saturated rings. The third kappa shape index (κ3) is 22.1. The molecule has 0 aliphatic carbocycles. The van der Waals surface area contributed by atoms with Gasteiger partial charge in [0.1, 0.15) is 0 Å². The molecule has 1 heterocycles. The van der Waals surface area contributed by atoms with Gasteiger partial charge in [0.05, 0.1) is 0 Å². The van der Waals surface area contributed by atoms with E-state index in [1.54, 1.807) is 12.2 Å². The molecular formula is C36H60O6. The summed E-state index contributed by atoms with van der Waals surface area (Å²) in [6, 6.07) is 0. The van der Waals surface area contributed by atoms with Crippen LogP contribution in [0.25, 0.3) is 6.08 Å². The Morgan fingerprint density at radius 2 is 1.00 bits per heavy atom. The molecule has 42 heavy (non-hydrogen) atoms. The molecule has 1 aromatic heterocycles. The molecule has 1 aromatic rings. The summed E-state index contributed by atoms with van der Waals surface area (Å²) in [5.74, 6) is -1.49. The van der Waals surface area contributed by atoms with Crippen molar-refractivity contribution in [3.05, 3.63) is 41.9 Å². The summed E-state index contributed by atoms with van der Waals surface area (Å²) < 4.78 is 9.59. The first-order valence-corrected chi connectivity index (χ1v) is 17.2. The van der Waals surface area contributed by atoms with Crippen LogP contribution in [-0.2, 0) is 14.6 Å². The molecule has 0 N–H and O–H groups in total. The fourth-order valence-corrected chi connectivity index (χ4v) is 4.87. The van der Waals surface area contributed by atoms with Gasteiger partial charge in [0.15, 0.2) is 0 Å². The maximum Gasteiger partial charge on any atom is 0.430 e. The average Bonchev–Trinajstić information content (AvgIpc) is 2.97. The highest BCUT2D eigenvalue weighted by molar-refractivity contribution is 5.90. The second-order valence-corrected chi connectivity index (χ2v) is 11.5. The third-order valence-corrected chi connectivity index (χ3v) is 7.52. The Balaban J connectivity index is 2.01. The molecule has 0 saturated carbocycles. The Hall–Kier alpha value is -2.50. The van der Waals surface area contributed by atoms with Crippen LogP contribution in [-0.4, -0.2) is 11.9 Å². The van der Waals surface area contributed by atoms with Gasteiger partial charge in [-0.25, -0.2) is 19.4 Å². The molecule has 0 bridgehead atoms. The molecule has 6 nitrogen and oxygen atoms in total. The number of carbonyl (C=O) groups excluding carboxylic acids is 2. The van der Waals surface area contributed by atoms with Crippen molar-refractivity contribution < 1.29 is 28.5 Å².